The van der Waals surface area contributed by atoms with Crippen molar-refractivity contribution in [1.29, 1.82) is 0 Å². The second-order valence-corrected chi connectivity index (χ2v) is 8.49. The molecule has 3 heterocycles. The molecule has 9 nitrogen and oxygen atoms in total. The molecule has 38 heavy (non-hydrogen) atoms. The van der Waals surface area contributed by atoms with E-state index in [1.165, 1.54) is 26.0 Å². The molecule has 4 rings (SSSR count). The zero-order chi connectivity index (χ0) is 27.6. The van der Waals surface area contributed by atoms with Crippen molar-refractivity contribution >= 4 is 17.4 Å². The molecule has 0 saturated heterocycles. The van der Waals surface area contributed by atoms with E-state index < -0.39 is 36.8 Å². The molecular formula is C26H25F3N4O5. The number of ketones is 1. The summed E-state index contributed by atoms with van der Waals surface area (Å²) in [6, 6.07) is 6.25. The third-order valence-electron chi connectivity index (χ3n) is 6.10. The van der Waals surface area contributed by atoms with Crippen molar-refractivity contribution in [3.8, 4) is 33.9 Å². The Morgan fingerprint density at radius 3 is 2.29 bits per heavy atom. The molecule has 1 unspecified atom stereocenters. The standard InChI is InChI=1S/C26H25F3N4O5/c1-15(25(35)38-4)33-14-18(12-31-33)16-6-8-32-19(13-30-23(32)11-16)17-9-21(36-2)24(22(10-17)37-3)20(34)5-7-26(27,28)29/h6,8-15H,5,7H2,1-4H3. The summed E-state index contributed by atoms with van der Waals surface area (Å²) in [7, 11) is 3.99. The van der Waals surface area contributed by atoms with Crippen LogP contribution in [0.3, 0.4) is 0 Å². The quantitative estimate of drug-likeness (QED) is 0.218. The van der Waals surface area contributed by atoms with Gasteiger partial charge in [-0.1, -0.05) is 0 Å². The third-order valence-corrected chi connectivity index (χ3v) is 6.10. The van der Waals surface area contributed by atoms with Gasteiger partial charge in [-0.25, -0.2) is 9.78 Å². The number of methoxy groups -OCH3 is 3. The number of halogens is 3. The maximum absolute atomic E-state index is 12.7. The van der Waals surface area contributed by atoms with E-state index in [2.05, 4.69) is 10.1 Å². The fourth-order valence-electron chi connectivity index (χ4n) is 4.07. The largest absolute Gasteiger partial charge is 0.496 e. The van der Waals surface area contributed by atoms with Gasteiger partial charge in [0.2, 0.25) is 0 Å². The predicted molar refractivity (Wildman–Crippen MR) is 131 cm³/mol. The molecule has 12 heteroatoms. The lowest BCUT2D eigenvalue weighted by atomic mass is 10.0. The van der Waals surface area contributed by atoms with Gasteiger partial charge in [-0.3, -0.25) is 13.9 Å². The van der Waals surface area contributed by atoms with Crippen LogP contribution in [0, 0.1) is 0 Å². The Bertz CT molecular complexity index is 1470. The number of Topliss-reactive ketones (excluding diaryl/α,β-unsaturated/α-hetero) is 1. The minimum atomic E-state index is -4.45. The molecule has 200 valence electrons. The topological polar surface area (TPSA) is 97.0 Å². The van der Waals surface area contributed by atoms with E-state index in [0.717, 1.165) is 11.1 Å². The molecule has 0 spiro atoms. The van der Waals surface area contributed by atoms with Gasteiger partial charge in [0.05, 0.1) is 45.8 Å². The highest BCUT2D eigenvalue weighted by molar-refractivity contribution is 6.02. The van der Waals surface area contributed by atoms with Crippen LogP contribution in [0.2, 0.25) is 0 Å². The maximum atomic E-state index is 12.7. The Hall–Kier alpha value is -4.35. The van der Waals surface area contributed by atoms with Crippen LogP contribution in [0.1, 0.15) is 36.2 Å². The summed E-state index contributed by atoms with van der Waals surface area (Å²) in [6.45, 7) is 1.68. The minimum absolute atomic E-state index is 0.0442. The van der Waals surface area contributed by atoms with Gasteiger partial charge in [0.25, 0.3) is 0 Å². The highest BCUT2D eigenvalue weighted by Crippen LogP contribution is 2.37. The first kappa shape index (κ1) is 26.7. The highest BCUT2D eigenvalue weighted by atomic mass is 19.4. The number of alkyl halides is 3. The summed E-state index contributed by atoms with van der Waals surface area (Å²) in [4.78, 5) is 28.9. The number of esters is 1. The number of benzene rings is 1. The number of pyridine rings is 1. The first-order valence-corrected chi connectivity index (χ1v) is 11.5. The summed E-state index contributed by atoms with van der Waals surface area (Å²) >= 11 is 0. The fraction of sp³-hybridized carbons (Fsp3) is 0.308. The Balaban J connectivity index is 1.68. The summed E-state index contributed by atoms with van der Waals surface area (Å²) in [5.41, 5.74) is 3.39. The monoisotopic (exact) mass is 530 g/mol. The second-order valence-electron chi connectivity index (χ2n) is 8.49. The number of ether oxygens (including phenoxy) is 3. The lowest BCUT2D eigenvalue weighted by Gasteiger charge is -2.15. The van der Waals surface area contributed by atoms with Gasteiger partial charge in [0, 0.05) is 29.9 Å². The first-order valence-electron chi connectivity index (χ1n) is 11.5. The molecule has 0 radical (unpaired) electrons. The molecule has 0 amide bonds. The lowest BCUT2D eigenvalue weighted by molar-refractivity contribution is -0.144. The van der Waals surface area contributed by atoms with E-state index in [0.29, 0.717) is 16.9 Å². The number of imidazole rings is 1. The van der Waals surface area contributed by atoms with Gasteiger partial charge >= 0.3 is 12.1 Å². The molecule has 1 aromatic carbocycles. The van der Waals surface area contributed by atoms with E-state index in [1.807, 2.05) is 16.5 Å². The van der Waals surface area contributed by atoms with Crippen molar-refractivity contribution in [3.63, 3.8) is 0 Å². The zero-order valence-electron chi connectivity index (χ0n) is 21.1. The SMILES string of the molecule is COC(=O)C(C)n1cc(-c2ccn3c(-c4cc(OC)c(C(=O)CCC(F)(F)F)c(OC)c4)cnc3c2)cn1. The number of hydrogen-bond acceptors (Lipinski definition) is 7. The Kier molecular flexibility index (Phi) is 7.42. The smallest absolute Gasteiger partial charge is 0.389 e. The van der Waals surface area contributed by atoms with Crippen LogP contribution in [-0.2, 0) is 9.53 Å². The Morgan fingerprint density at radius 2 is 1.68 bits per heavy atom. The molecule has 3 aromatic heterocycles. The number of fused-ring (bicyclic) bond motifs is 1. The van der Waals surface area contributed by atoms with Gasteiger partial charge in [-0.05, 0) is 36.8 Å². The molecule has 4 aromatic rings. The van der Waals surface area contributed by atoms with E-state index in [9.17, 15) is 22.8 Å². The van der Waals surface area contributed by atoms with Gasteiger partial charge in [-0.15, -0.1) is 0 Å². The number of nitrogens with zero attached hydrogens (tertiary/aromatic N) is 4. The van der Waals surface area contributed by atoms with Crippen LogP contribution >= 0.6 is 0 Å². The van der Waals surface area contributed by atoms with Gasteiger partial charge in [0.1, 0.15) is 28.8 Å². The van der Waals surface area contributed by atoms with Gasteiger partial charge in [0.15, 0.2) is 5.78 Å². The van der Waals surface area contributed by atoms with E-state index >= 15 is 0 Å². The first-order chi connectivity index (χ1) is 18.1. The predicted octanol–water partition coefficient (Wildman–Crippen LogP) is 5.14. The summed E-state index contributed by atoms with van der Waals surface area (Å²) in [5, 5.41) is 4.25. The summed E-state index contributed by atoms with van der Waals surface area (Å²) < 4.78 is 56.8. The van der Waals surface area contributed by atoms with Crippen LogP contribution in [-0.4, -0.2) is 58.4 Å². The van der Waals surface area contributed by atoms with Crippen molar-refractivity contribution in [3.05, 3.63) is 54.6 Å². The Morgan fingerprint density at radius 1 is 1.00 bits per heavy atom. The highest BCUT2D eigenvalue weighted by Gasteiger charge is 2.30. The molecule has 0 aliphatic heterocycles. The van der Waals surface area contributed by atoms with Crippen LogP contribution in [0.15, 0.2) is 49.1 Å². The average molecular weight is 531 g/mol. The van der Waals surface area contributed by atoms with Crippen molar-refractivity contribution in [2.24, 2.45) is 0 Å². The van der Waals surface area contributed by atoms with Crippen LogP contribution < -0.4 is 9.47 Å². The molecule has 0 aliphatic carbocycles. The van der Waals surface area contributed by atoms with Crippen molar-refractivity contribution in [2.45, 2.75) is 32.0 Å². The molecule has 0 saturated carbocycles. The van der Waals surface area contributed by atoms with E-state index in [4.69, 9.17) is 14.2 Å². The molecule has 0 N–H and O–H groups in total. The van der Waals surface area contributed by atoms with E-state index in [1.54, 1.807) is 43.8 Å². The van der Waals surface area contributed by atoms with Gasteiger partial charge in [-0.2, -0.15) is 18.3 Å². The Labute approximate surface area is 215 Å². The minimum Gasteiger partial charge on any atom is -0.496 e. The number of rotatable bonds is 9. The number of carbonyl (C=O) groups is 2. The number of aromatic nitrogens is 4. The van der Waals surface area contributed by atoms with Crippen LogP contribution in [0.25, 0.3) is 28.0 Å². The zero-order valence-corrected chi connectivity index (χ0v) is 21.1. The number of carbonyl (C=O) groups excluding carboxylic acids is 2. The maximum Gasteiger partial charge on any atom is 0.389 e. The van der Waals surface area contributed by atoms with E-state index in [-0.39, 0.29) is 17.1 Å². The average Bonchev–Trinajstić information content (AvgIpc) is 3.57. The molecule has 0 fully saturated rings. The van der Waals surface area contributed by atoms with Crippen molar-refractivity contribution < 1.29 is 37.0 Å². The normalized spacial score (nSPS) is 12.4. The third kappa shape index (κ3) is 5.34. The molecule has 0 bridgehead atoms. The molecule has 1 atom stereocenters. The van der Waals surface area contributed by atoms with Gasteiger partial charge < -0.3 is 14.2 Å². The fourth-order valence-corrected chi connectivity index (χ4v) is 4.07. The van der Waals surface area contributed by atoms with Crippen molar-refractivity contribution in [2.75, 3.05) is 21.3 Å². The second kappa shape index (κ2) is 10.6. The molecule has 0 aliphatic rings. The molecular weight excluding hydrogens is 505 g/mol. The lowest BCUT2D eigenvalue weighted by Crippen LogP contribution is -2.17. The summed E-state index contributed by atoms with van der Waals surface area (Å²) in [5.74, 6) is -0.935. The summed E-state index contributed by atoms with van der Waals surface area (Å²) in [6.07, 6.45) is 0.389. The van der Waals surface area contributed by atoms with Crippen LogP contribution in [0.4, 0.5) is 13.2 Å². The van der Waals surface area contributed by atoms with Crippen LogP contribution in [0.5, 0.6) is 11.5 Å². The van der Waals surface area contributed by atoms with Crippen molar-refractivity contribution in [1.82, 2.24) is 19.2 Å². The number of hydrogen-bond donors (Lipinski definition) is 0.